The zero-order valence-corrected chi connectivity index (χ0v) is 14.4. The molecule has 25 heavy (non-hydrogen) atoms. The highest BCUT2D eigenvalue weighted by molar-refractivity contribution is 5.93. The van der Waals surface area contributed by atoms with Crippen molar-refractivity contribution in [2.24, 2.45) is 0 Å². The van der Waals surface area contributed by atoms with Crippen molar-refractivity contribution in [1.82, 2.24) is 9.97 Å². The van der Waals surface area contributed by atoms with Crippen molar-refractivity contribution in [3.8, 4) is 11.6 Å². The van der Waals surface area contributed by atoms with Crippen LogP contribution in [-0.4, -0.2) is 29.6 Å². The largest absolute Gasteiger partial charge is 0.495 e. The minimum atomic E-state index is -0.288. The fraction of sp³-hybridized carbons (Fsp3) is 0.211. The van der Waals surface area contributed by atoms with Gasteiger partial charge in [-0.1, -0.05) is 18.2 Å². The van der Waals surface area contributed by atoms with Crippen LogP contribution in [0.3, 0.4) is 0 Å². The van der Waals surface area contributed by atoms with Crippen molar-refractivity contribution in [2.45, 2.75) is 13.8 Å². The first-order valence-corrected chi connectivity index (χ1v) is 7.87. The summed E-state index contributed by atoms with van der Waals surface area (Å²) in [7, 11) is 1.56. The maximum absolute atomic E-state index is 12.3. The van der Waals surface area contributed by atoms with Crippen LogP contribution in [0.25, 0.3) is 10.9 Å². The van der Waals surface area contributed by atoms with Gasteiger partial charge in [-0.15, -0.1) is 0 Å². The van der Waals surface area contributed by atoms with E-state index in [0.717, 1.165) is 16.5 Å². The number of nitrogens with one attached hydrogen (secondary N) is 1. The van der Waals surface area contributed by atoms with Gasteiger partial charge in [0.1, 0.15) is 11.6 Å². The van der Waals surface area contributed by atoms with Crippen molar-refractivity contribution in [1.29, 1.82) is 0 Å². The highest BCUT2D eigenvalue weighted by Crippen LogP contribution is 2.25. The predicted molar refractivity (Wildman–Crippen MR) is 96.1 cm³/mol. The number of carbonyl (C=O) groups excluding carboxylic acids is 1. The number of para-hydroxylation sites is 1. The van der Waals surface area contributed by atoms with Gasteiger partial charge < -0.3 is 14.8 Å². The van der Waals surface area contributed by atoms with Crippen LogP contribution in [0.5, 0.6) is 11.6 Å². The molecule has 0 unspecified atom stereocenters. The van der Waals surface area contributed by atoms with Crippen molar-refractivity contribution in [2.75, 3.05) is 19.0 Å². The van der Waals surface area contributed by atoms with E-state index in [1.807, 2.05) is 49.4 Å². The lowest BCUT2D eigenvalue weighted by atomic mass is 10.2. The number of ether oxygens (including phenoxy) is 2. The van der Waals surface area contributed by atoms with Crippen molar-refractivity contribution >= 4 is 22.5 Å². The monoisotopic (exact) mass is 337 g/mol. The molecule has 1 N–H and O–H groups in total. The molecule has 2 aromatic carbocycles. The van der Waals surface area contributed by atoms with E-state index in [4.69, 9.17) is 9.47 Å². The van der Waals surface area contributed by atoms with Gasteiger partial charge >= 0.3 is 0 Å². The van der Waals surface area contributed by atoms with Crippen LogP contribution in [0.2, 0.25) is 0 Å². The average Bonchev–Trinajstić information content (AvgIpc) is 2.59. The molecule has 3 aromatic rings. The Morgan fingerprint density at radius 1 is 1.12 bits per heavy atom. The summed E-state index contributed by atoms with van der Waals surface area (Å²) in [6.07, 6.45) is 0. The molecule has 0 aliphatic rings. The molecule has 1 heterocycles. The number of hydrogen-bond donors (Lipinski definition) is 1. The van der Waals surface area contributed by atoms with Gasteiger partial charge in [-0.25, -0.2) is 4.98 Å². The summed E-state index contributed by atoms with van der Waals surface area (Å²) < 4.78 is 10.9. The second-order valence-electron chi connectivity index (χ2n) is 5.63. The lowest BCUT2D eigenvalue weighted by Gasteiger charge is -2.12. The van der Waals surface area contributed by atoms with Crippen LogP contribution >= 0.6 is 0 Å². The van der Waals surface area contributed by atoms with Crippen LogP contribution in [0.4, 0.5) is 5.69 Å². The summed E-state index contributed by atoms with van der Waals surface area (Å²) in [6.45, 7) is 3.58. The first-order valence-electron chi connectivity index (χ1n) is 7.87. The first-order chi connectivity index (χ1) is 12.1. The molecule has 0 atom stereocenters. The number of amides is 1. The molecule has 0 radical (unpaired) electrons. The number of methoxy groups -OCH3 is 1. The lowest BCUT2D eigenvalue weighted by Crippen LogP contribution is -2.21. The van der Waals surface area contributed by atoms with Crippen LogP contribution in [0.1, 0.15) is 11.4 Å². The Balaban J connectivity index is 1.74. The lowest BCUT2D eigenvalue weighted by molar-refractivity contribution is -0.118. The molecule has 0 bridgehead atoms. The van der Waals surface area contributed by atoms with Crippen molar-refractivity contribution in [3.63, 3.8) is 0 Å². The third-order valence-corrected chi connectivity index (χ3v) is 3.65. The number of rotatable bonds is 5. The number of hydrogen-bond acceptors (Lipinski definition) is 5. The predicted octanol–water partition coefficient (Wildman–Crippen LogP) is 3.27. The number of aromatic nitrogens is 2. The molecule has 128 valence electrons. The Morgan fingerprint density at radius 3 is 2.72 bits per heavy atom. The standard InChI is InChI=1S/C19H19N3O3/c1-12-8-9-17(24-3)16(10-12)22-18(23)11-25-19-14-6-4-5-7-15(14)20-13(2)21-19/h4-10H,11H2,1-3H3,(H,22,23). The van der Waals surface area contributed by atoms with E-state index in [-0.39, 0.29) is 12.5 Å². The molecule has 1 aromatic heterocycles. The molecule has 0 aliphatic carbocycles. The van der Waals surface area contributed by atoms with E-state index < -0.39 is 0 Å². The zero-order chi connectivity index (χ0) is 17.8. The van der Waals surface area contributed by atoms with Crippen molar-refractivity contribution < 1.29 is 14.3 Å². The highest BCUT2D eigenvalue weighted by Gasteiger charge is 2.11. The number of nitrogens with zero attached hydrogens (tertiary/aromatic N) is 2. The van der Waals surface area contributed by atoms with Crippen LogP contribution in [0, 0.1) is 13.8 Å². The number of benzene rings is 2. The number of aryl methyl sites for hydroxylation is 2. The number of anilines is 1. The molecule has 0 saturated heterocycles. The molecule has 6 nitrogen and oxygen atoms in total. The van der Waals surface area contributed by atoms with Gasteiger partial charge in [-0.3, -0.25) is 4.79 Å². The maximum atomic E-state index is 12.3. The minimum absolute atomic E-state index is 0.155. The van der Waals surface area contributed by atoms with Crippen LogP contribution < -0.4 is 14.8 Å². The van der Waals surface area contributed by atoms with Gasteiger partial charge in [0.2, 0.25) is 5.88 Å². The van der Waals surface area contributed by atoms with Gasteiger partial charge in [-0.05, 0) is 43.7 Å². The van der Waals surface area contributed by atoms with Gasteiger partial charge in [0.25, 0.3) is 5.91 Å². The van der Waals surface area contributed by atoms with Crippen molar-refractivity contribution in [3.05, 3.63) is 53.9 Å². The Hall–Kier alpha value is -3.15. The zero-order valence-electron chi connectivity index (χ0n) is 14.4. The van der Waals surface area contributed by atoms with E-state index in [9.17, 15) is 4.79 Å². The molecular weight excluding hydrogens is 318 g/mol. The normalized spacial score (nSPS) is 10.5. The molecule has 0 fully saturated rings. The summed E-state index contributed by atoms with van der Waals surface area (Å²) in [6, 6.07) is 13.1. The van der Waals surface area contributed by atoms with Gasteiger partial charge in [-0.2, -0.15) is 4.98 Å². The summed E-state index contributed by atoms with van der Waals surface area (Å²) in [5, 5.41) is 3.58. The molecular formula is C19H19N3O3. The molecule has 3 rings (SSSR count). The van der Waals surface area contributed by atoms with E-state index >= 15 is 0 Å². The van der Waals surface area contributed by atoms with Gasteiger partial charge in [0, 0.05) is 0 Å². The minimum Gasteiger partial charge on any atom is -0.495 e. The number of fused-ring (bicyclic) bond motifs is 1. The quantitative estimate of drug-likeness (QED) is 0.773. The van der Waals surface area contributed by atoms with E-state index in [1.165, 1.54) is 0 Å². The molecule has 0 saturated carbocycles. The molecule has 0 aliphatic heterocycles. The second kappa shape index (κ2) is 7.17. The summed E-state index contributed by atoms with van der Waals surface area (Å²) in [4.78, 5) is 20.9. The Labute approximate surface area is 145 Å². The van der Waals surface area contributed by atoms with Gasteiger partial charge in [0.05, 0.1) is 23.7 Å². The first kappa shape index (κ1) is 16.7. The topological polar surface area (TPSA) is 73.3 Å². The SMILES string of the molecule is COc1ccc(C)cc1NC(=O)COc1nc(C)nc2ccccc12. The van der Waals surface area contributed by atoms with Crippen LogP contribution in [-0.2, 0) is 4.79 Å². The van der Waals surface area contributed by atoms with Gasteiger partial charge in [0.15, 0.2) is 6.61 Å². The Morgan fingerprint density at radius 2 is 1.92 bits per heavy atom. The highest BCUT2D eigenvalue weighted by atomic mass is 16.5. The number of carbonyl (C=O) groups is 1. The smallest absolute Gasteiger partial charge is 0.262 e. The van der Waals surface area contributed by atoms with E-state index in [1.54, 1.807) is 14.0 Å². The summed E-state index contributed by atoms with van der Waals surface area (Å²) in [5.74, 6) is 1.30. The Kier molecular flexibility index (Phi) is 4.79. The van der Waals surface area contributed by atoms with E-state index in [2.05, 4.69) is 15.3 Å². The average molecular weight is 337 g/mol. The fourth-order valence-corrected chi connectivity index (χ4v) is 2.51. The van der Waals surface area contributed by atoms with E-state index in [0.29, 0.717) is 23.1 Å². The molecule has 1 amide bonds. The summed E-state index contributed by atoms with van der Waals surface area (Å²) >= 11 is 0. The maximum Gasteiger partial charge on any atom is 0.262 e. The summed E-state index contributed by atoms with van der Waals surface area (Å²) in [5.41, 5.74) is 2.42. The second-order valence-corrected chi connectivity index (χ2v) is 5.63. The third-order valence-electron chi connectivity index (χ3n) is 3.65. The fourth-order valence-electron chi connectivity index (χ4n) is 2.51. The molecule has 6 heteroatoms. The molecule has 0 spiro atoms. The third kappa shape index (κ3) is 3.85. The Bertz CT molecular complexity index is 925. The van der Waals surface area contributed by atoms with Crippen LogP contribution in [0.15, 0.2) is 42.5 Å².